The molecule has 1 aromatic rings. The number of benzene rings is 1. The first-order valence-electron chi connectivity index (χ1n) is 7.57. The molecule has 0 saturated heterocycles. The highest BCUT2D eigenvalue weighted by Gasteiger charge is 2.22. The van der Waals surface area contributed by atoms with Crippen molar-refractivity contribution >= 4 is 11.8 Å². The molecule has 2 rings (SSSR count). The number of hydrogen-bond donors (Lipinski definition) is 1. The first-order valence-corrected chi connectivity index (χ1v) is 8.86. The fourth-order valence-corrected chi connectivity index (χ4v) is 3.84. The van der Waals surface area contributed by atoms with Crippen LogP contribution in [0.15, 0.2) is 18.2 Å². The highest BCUT2D eigenvalue weighted by molar-refractivity contribution is 7.99. The molecular formula is C17H27NOS. The average molecular weight is 293 g/mol. The second-order valence-corrected chi connectivity index (χ2v) is 6.98. The molecule has 1 aromatic carbocycles. The van der Waals surface area contributed by atoms with Crippen LogP contribution in [-0.4, -0.2) is 24.7 Å². The second-order valence-electron chi connectivity index (χ2n) is 5.84. The summed E-state index contributed by atoms with van der Waals surface area (Å²) in [4.78, 5) is 0. The van der Waals surface area contributed by atoms with Crippen molar-refractivity contribution in [3.8, 4) is 5.75 Å². The Kier molecular flexibility index (Phi) is 5.79. The van der Waals surface area contributed by atoms with Gasteiger partial charge in [-0.3, -0.25) is 0 Å². The lowest BCUT2D eigenvalue weighted by Crippen LogP contribution is -2.35. The molecule has 1 saturated carbocycles. The number of rotatable bonds is 5. The highest BCUT2D eigenvalue weighted by Crippen LogP contribution is 2.30. The van der Waals surface area contributed by atoms with Crippen LogP contribution in [0.5, 0.6) is 5.75 Å². The van der Waals surface area contributed by atoms with Crippen molar-refractivity contribution in [2.45, 2.75) is 56.9 Å². The summed E-state index contributed by atoms with van der Waals surface area (Å²) in [6.45, 7) is 4.39. The Labute approximate surface area is 127 Å². The Bertz CT molecular complexity index is 427. The van der Waals surface area contributed by atoms with E-state index in [1.165, 1.54) is 36.8 Å². The predicted molar refractivity (Wildman–Crippen MR) is 88.8 cm³/mol. The van der Waals surface area contributed by atoms with Gasteiger partial charge in [0.1, 0.15) is 5.75 Å². The molecule has 0 spiro atoms. The van der Waals surface area contributed by atoms with Gasteiger partial charge in [-0.25, -0.2) is 0 Å². The van der Waals surface area contributed by atoms with Gasteiger partial charge in [0.2, 0.25) is 0 Å². The predicted octanol–water partition coefficient (Wildman–Crippen LogP) is 4.33. The zero-order valence-corrected chi connectivity index (χ0v) is 13.9. The summed E-state index contributed by atoms with van der Waals surface area (Å²) in [7, 11) is 1.75. The normalized spacial score (nSPS) is 24.4. The number of nitrogens with one attached hydrogen (secondary N) is 1. The standard InChI is InChI=1S/C17H27NOS/c1-12-5-10-17(19-3)16(11-12)13(2)18-14-6-8-15(20-4)9-7-14/h5,10-11,13-15,18H,6-9H2,1-4H3. The topological polar surface area (TPSA) is 21.3 Å². The summed E-state index contributed by atoms with van der Waals surface area (Å²) in [5, 5.41) is 4.66. The number of methoxy groups -OCH3 is 1. The molecule has 1 N–H and O–H groups in total. The molecule has 0 radical (unpaired) electrons. The van der Waals surface area contributed by atoms with Crippen molar-refractivity contribution in [2.75, 3.05) is 13.4 Å². The lowest BCUT2D eigenvalue weighted by Gasteiger charge is -2.31. The van der Waals surface area contributed by atoms with Crippen LogP contribution < -0.4 is 10.1 Å². The van der Waals surface area contributed by atoms with E-state index >= 15 is 0 Å². The van der Waals surface area contributed by atoms with E-state index in [1.807, 2.05) is 11.8 Å². The van der Waals surface area contributed by atoms with E-state index < -0.39 is 0 Å². The van der Waals surface area contributed by atoms with Crippen molar-refractivity contribution in [2.24, 2.45) is 0 Å². The van der Waals surface area contributed by atoms with Gasteiger partial charge >= 0.3 is 0 Å². The Balaban J connectivity index is 1.98. The van der Waals surface area contributed by atoms with Gasteiger partial charge in [-0.05, 0) is 51.9 Å². The molecule has 1 aliphatic carbocycles. The third kappa shape index (κ3) is 3.92. The second kappa shape index (κ2) is 7.37. The van der Waals surface area contributed by atoms with Gasteiger partial charge in [-0.1, -0.05) is 17.7 Å². The van der Waals surface area contributed by atoms with Crippen LogP contribution in [0.25, 0.3) is 0 Å². The van der Waals surface area contributed by atoms with Crippen LogP contribution in [0, 0.1) is 6.92 Å². The highest BCUT2D eigenvalue weighted by atomic mass is 32.2. The summed E-state index contributed by atoms with van der Waals surface area (Å²) < 4.78 is 5.50. The SMILES string of the molecule is COc1ccc(C)cc1C(C)NC1CCC(SC)CC1. The zero-order valence-electron chi connectivity index (χ0n) is 13.1. The van der Waals surface area contributed by atoms with E-state index in [-0.39, 0.29) is 0 Å². The maximum Gasteiger partial charge on any atom is 0.123 e. The minimum atomic E-state index is 0.348. The summed E-state index contributed by atoms with van der Waals surface area (Å²) in [5.74, 6) is 0.994. The molecule has 20 heavy (non-hydrogen) atoms. The first kappa shape index (κ1) is 15.7. The smallest absolute Gasteiger partial charge is 0.123 e. The molecular weight excluding hydrogens is 266 g/mol. The van der Waals surface area contributed by atoms with E-state index in [4.69, 9.17) is 4.74 Å². The summed E-state index contributed by atoms with van der Waals surface area (Å²) in [5.41, 5.74) is 2.57. The number of aryl methyl sites for hydroxylation is 1. The van der Waals surface area contributed by atoms with E-state index in [2.05, 4.69) is 43.6 Å². The van der Waals surface area contributed by atoms with E-state index in [0.717, 1.165) is 11.0 Å². The van der Waals surface area contributed by atoms with E-state index in [9.17, 15) is 0 Å². The van der Waals surface area contributed by atoms with Crippen molar-refractivity contribution in [1.29, 1.82) is 0 Å². The van der Waals surface area contributed by atoms with Gasteiger partial charge in [0, 0.05) is 22.9 Å². The van der Waals surface area contributed by atoms with Crippen LogP contribution >= 0.6 is 11.8 Å². The van der Waals surface area contributed by atoms with Gasteiger partial charge in [-0.15, -0.1) is 0 Å². The fourth-order valence-electron chi connectivity index (χ4n) is 3.10. The molecule has 0 heterocycles. The molecule has 112 valence electrons. The molecule has 0 amide bonds. The van der Waals surface area contributed by atoms with Crippen molar-refractivity contribution < 1.29 is 4.74 Å². The Hall–Kier alpha value is -0.670. The van der Waals surface area contributed by atoms with Crippen LogP contribution in [0.4, 0.5) is 0 Å². The van der Waals surface area contributed by atoms with Crippen molar-refractivity contribution in [3.05, 3.63) is 29.3 Å². The van der Waals surface area contributed by atoms with Gasteiger partial charge in [0.25, 0.3) is 0 Å². The molecule has 2 nitrogen and oxygen atoms in total. The maximum atomic E-state index is 5.50. The van der Waals surface area contributed by atoms with Gasteiger partial charge in [-0.2, -0.15) is 11.8 Å². The molecule has 0 aliphatic heterocycles. The number of hydrogen-bond acceptors (Lipinski definition) is 3. The van der Waals surface area contributed by atoms with E-state index in [1.54, 1.807) is 7.11 Å². The molecule has 0 bridgehead atoms. The van der Waals surface area contributed by atoms with Crippen molar-refractivity contribution in [3.63, 3.8) is 0 Å². The quantitative estimate of drug-likeness (QED) is 0.873. The molecule has 1 unspecified atom stereocenters. The monoisotopic (exact) mass is 293 g/mol. The van der Waals surface area contributed by atoms with Gasteiger partial charge in [0.05, 0.1) is 7.11 Å². The molecule has 1 atom stereocenters. The summed E-state index contributed by atoms with van der Waals surface area (Å²) >= 11 is 2.02. The van der Waals surface area contributed by atoms with Crippen molar-refractivity contribution in [1.82, 2.24) is 5.32 Å². The third-order valence-corrected chi connectivity index (χ3v) is 5.48. The molecule has 3 heteroatoms. The largest absolute Gasteiger partial charge is 0.496 e. The lowest BCUT2D eigenvalue weighted by molar-refractivity contribution is 0.343. The maximum absolute atomic E-state index is 5.50. The summed E-state index contributed by atoms with van der Waals surface area (Å²) in [6, 6.07) is 7.43. The van der Waals surface area contributed by atoms with Crippen LogP contribution in [0.3, 0.4) is 0 Å². The fraction of sp³-hybridized carbons (Fsp3) is 0.647. The Morgan fingerprint density at radius 1 is 1.25 bits per heavy atom. The third-order valence-electron chi connectivity index (χ3n) is 4.34. The number of ether oxygens (including phenoxy) is 1. The van der Waals surface area contributed by atoms with Gasteiger partial charge < -0.3 is 10.1 Å². The first-order chi connectivity index (χ1) is 9.63. The lowest BCUT2D eigenvalue weighted by atomic mass is 9.93. The minimum absolute atomic E-state index is 0.348. The number of thioether (sulfide) groups is 1. The molecule has 1 fully saturated rings. The van der Waals surface area contributed by atoms with Crippen LogP contribution in [-0.2, 0) is 0 Å². The zero-order chi connectivity index (χ0) is 14.5. The Morgan fingerprint density at radius 3 is 2.55 bits per heavy atom. The van der Waals surface area contributed by atoms with Crippen LogP contribution in [0.1, 0.15) is 49.8 Å². The molecule has 1 aliphatic rings. The Morgan fingerprint density at radius 2 is 1.95 bits per heavy atom. The minimum Gasteiger partial charge on any atom is -0.496 e. The van der Waals surface area contributed by atoms with Crippen LogP contribution in [0.2, 0.25) is 0 Å². The molecule has 0 aromatic heterocycles. The average Bonchev–Trinajstić information content (AvgIpc) is 2.48. The van der Waals surface area contributed by atoms with Gasteiger partial charge in [0.15, 0.2) is 0 Å². The van der Waals surface area contributed by atoms with E-state index in [0.29, 0.717) is 12.1 Å². The summed E-state index contributed by atoms with van der Waals surface area (Å²) in [6.07, 6.45) is 7.51.